The molecule has 0 aromatic heterocycles. The summed E-state index contributed by atoms with van der Waals surface area (Å²) < 4.78 is 0. The highest BCUT2D eigenvalue weighted by atomic mass is 16.2. The quantitative estimate of drug-likeness (QED) is 0.544. The Morgan fingerprint density at radius 3 is 2.15 bits per heavy atom. The summed E-state index contributed by atoms with van der Waals surface area (Å²) in [5.74, 6) is 0.943. The van der Waals surface area contributed by atoms with Gasteiger partial charge in [0, 0.05) is 6.61 Å². The summed E-state index contributed by atoms with van der Waals surface area (Å²) in [6.07, 6.45) is 10.3. The summed E-state index contributed by atoms with van der Waals surface area (Å²) in [4.78, 5) is 0. The van der Waals surface area contributed by atoms with E-state index in [1.165, 1.54) is 44.9 Å². The average molecular weight is 186 g/mol. The molecule has 0 radical (unpaired) electrons. The Bertz CT molecular complexity index is 91.1. The second-order valence-corrected chi connectivity index (χ2v) is 3.99. The molecule has 13 heavy (non-hydrogen) atoms. The van der Waals surface area contributed by atoms with Crippen LogP contribution in [0.5, 0.6) is 0 Å². The van der Waals surface area contributed by atoms with E-state index in [-0.39, 0.29) is 0 Å². The molecule has 0 saturated carbocycles. The zero-order chi connectivity index (χ0) is 9.94. The minimum Gasteiger partial charge on any atom is -0.396 e. The molecule has 0 aliphatic heterocycles. The topological polar surface area (TPSA) is 20.2 Å². The Kier molecular flexibility index (Phi) is 10.0. The van der Waals surface area contributed by atoms with E-state index >= 15 is 0 Å². The number of aliphatic hydroxyl groups is 1. The molecule has 0 amide bonds. The predicted octanol–water partition coefficient (Wildman–Crippen LogP) is 3.76. The van der Waals surface area contributed by atoms with Crippen LogP contribution in [0.3, 0.4) is 0 Å². The molecule has 0 aliphatic rings. The first-order chi connectivity index (χ1) is 6.35. The first-order valence-corrected chi connectivity index (χ1v) is 5.96. The van der Waals surface area contributed by atoms with Crippen molar-refractivity contribution in [2.45, 2.75) is 65.2 Å². The van der Waals surface area contributed by atoms with E-state index in [4.69, 9.17) is 5.11 Å². The third-order valence-electron chi connectivity index (χ3n) is 2.81. The fraction of sp³-hybridized carbons (Fsp3) is 1.00. The van der Waals surface area contributed by atoms with Gasteiger partial charge in [0.15, 0.2) is 0 Å². The van der Waals surface area contributed by atoms with Gasteiger partial charge in [-0.15, -0.1) is 0 Å². The van der Waals surface area contributed by atoms with E-state index in [0.717, 1.165) is 12.3 Å². The van der Waals surface area contributed by atoms with E-state index in [2.05, 4.69) is 13.8 Å². The fourth-order valence-corrected chi connectivity index (χ4v) is 1.77. The van der Waals surface area contributed by atoms with Crippen molar-refractivity contribution in [3.63, 3.8) is 0 Å². The summed E-state index contributed by atoms with van der Waals surface area (Å²) in [5.41, 5.74) is 0. The second kappa shape index (κ2) is 10.0. The molecule has 1 unspecified atom stereocenters. The van der Waals surface area contributed by atoms with Gasteiger partial charge < -0.3 is 5.11 Å². The lowest BCUT2D eigenvalue weighted by atomic mass is 9.93. The number of rotatable bonds is 9. The van der Waals surface area contributed by atoms with Crippen molar-refractivity contribution in [3.05, 3.63) is 0 Å². The molecule has 1 nitrogen and oxygen atoms in total. The van der Waals surface area contributed by atoms with Crippen LogP contribution in [-0.2, 0) is 0 Å². The molecule has 0 spiro atoms. The van der Waals surface area contributed by atoms with Gasteiger partial charge in [0.1, 0.15) is 0 Å². The van der Waals surface area contributed by atoms with Gasteiger partial charge in [0.05, 0.1) is 0 Å². The molecular formula is C12H26O. The molecule has 1 N–H and O–H groups in total. The van der Waals surface area contributed by atoms with Crippen LogP contribution >= 0.6 is 0 Å². The highest BCUT2D eigenvalue weighted by Crippen LogP contribution is 2.19. The van der Waals surface area contributed by atoms with Crippen LogP contribution < -0.4 is 0 Å². The molecule has 0 saturated heterocycles. The van der Waals surface area contributed by atoms with Gasteiger partial charge >= 0.3 is 0 Å². The first-order valence-electron chi connectivity index (χ1n) is 5.96. The maximum absolute atomic E-state index is 8.63. The van der Waals surface area contributed by atoms with Gasteiger partial charge in [0.2, 0.25) is 0 Å². The number of aliphatic hydroxyl groups excluding tert-OH is 1. The Morgan fingerprint density at radius 2 is 1.62 bits per heavy atom. The van der Waals surface area contributed by atoms with E-state index in [1.807, 2.05) is 0 Å². The van der Waals surface area contributed by atoms with Crippen LogP contribution in [0.15, 0.2) is 0 Å². The van der Waals surface area contributed by atoms with Gasteiger partial charge in [-0.3, -0.25) is 0 Å². The molecule has 1 heteroatoms. The Morgan fingerprint density at radius 1 is 0.923 bits per heavy atom. The number of unbranched alkanes of at least 4 members (excludes halogenated alkanes) is 3. The van der Waals surface area contributed by atoms with Crippen molar-refractivity contribution in [3.8, 4) is 0 Å². The van der Waals surface area contributed by atoms with Gasteiger partial charge in [0.25, 0.3) is 0 Å². The number of hydrogen-bond donors (Lipinski definition) is 1. The minimum absolute atomic E-state index is 0.367. The van der Waals surface area contributed by atoms with Crippen LogP contribution in [-0.4, -0.2) is 11.7 Å². The van der Waals surface area contributed by atoms with Crippen molar-refractivity contribution < 1.29 is 5.11 Å². The molecular weight excluding hydrogens is 160 g/mol. The van der Waals surface area contributed by atoms with Crippen molar-refractivity contribution in [2.75, 3.05) is 6.61 Å². The largest absolute Gasteiger partial charge is 0.396 e. The zero-order valence-corrected chi connectivity index (χ0v) is 9.39. The Labute approximate surface area is 83.5 Å². The molecule has 0 aromatic carbocycles. The lowest BCUT2D eigenvalue weighted by molar-refractivity contribution is 0.279. The van der Waals surface area contributed by atoms with Crippen molar-refractivity contribution >= 4 is 0 Å². The number of hydrogen-bond acceptors (Lipinski definition) is 1. The molecule has 0 rings (SSSR count). The highest BCUT2D eigenvalue weighted by Gasteiger charge is 2.04. The highest BCUT2D eigenvalue weighted by molar-refractivity contribution is 4.57. The Hall–Kier alpha value is -0.0400. The van der Waals surface area contributed by atoms with E-state index in [0.29, 0.717) is 6.61 Å². The summed E-state index contributed by atoms with van der Waals surface area (Å²) in [6.45, 7) is 4.93. The van der Waals surface area contributed by atoms with Crippen LogP contribution in [0.2, 0.25) is 0 Å². The first kappa shape index (κ1) is 13.0. The standard InChI is InChI=1S/C12H26O/c1-3-5-9-12(4-2)10-7-6-8-11-13/h12-13H,3-11H2,1-2H3. The molecule has 0 heterocycles. The van der Waals surface area contributed by atoms with E-state index in [9.17, 15) is 0 Å². The summed E-state index contributed by atoms with van der Waals surface area (Å²) in [7, 11) is 0. The average Bonchev–Trinajstić information content (AvgIpc) is 2.17. The van der Waals surface area contributed by atoms with Crippen molar-refractivity contribution in [2.24, 2.45) is 5.92 Å². The van der Waals surface area contributed by atoms with Crippen molar-refractivity contribution in [1.29, 1.82) is 0 Å². The lowest BCUT2D eigenvalue weighted by Crippen LogP contribution is -1.99. The zero-order valence-electron chi connectivity index (χ0n) is 9.39. The van der Waals surface area contributed by atoms with Gasteiger partial charge in [-0.2, -0.15) is 0 Å². The normalized spacial score (nSPS) is 13.2. The molecule has 0 bridgehead atoms. The molecule has 1 atom stereocenters. The third-order valence-corrected chi connectivity index (χ3v) is 2.81. The summed E-state index contributed by atoms with van der Waals surface area (Å²) in [6, 6.07) is 0. The van der Waals surface area contributed by atoms with Gasteiger partial charge in [-0.05, 0) is 12.3 Å². The monoisotopic (exact) mass is 186 g/mol. The lowest BCUT2D eigenvalue weighted by Gasteiger charge is -2.13. The van der Waals surface area contributed by atoms with Crippen molar-refractivity contribution in [1.82, 2.24) is 0 Å². The van der Waals surface area contributed by atoms with E-state index in [1.54, 1.807) is 0 Å². The maximum atomic E-state index is 8.63. The van der Waals surface area contributed by atoms with Crippen LogP contribution in [0.4, 0.5) is 0 Å². The predicted molar refractivity (Wildman–Crippen MR) is 58.9 cm³/mol. The Balaban J connectivity index is 3.25. The molecule has 80 valence electrons. The molecule has 0 aromatic rings. The maximum Gasteiger partial charge on any atom is 0.0431 e. The SMILES string of the molecule is CCCCC(CC)CCCCCO. The van der Waals surface area contributed by atoms with Crippen LogP contribution in [0, 0.1) is 5.92 Å². The molecule has 0 aliphatic carbocycles. The minimum atomic E-state index is 0.367. The second-order valence-electron chi connectivity index (χ2n) is 3.99. The van der Waals surface area contributed by atoms with Gasteiger partial charge in [-0.25, -0.2) is 0 Å². The van der Waals surface area contributed by atoms with Gasteiger partial charge in [-0.1, -0.05) is 58.8 Å². The van der Waals surface area contributed by atoms with Crippen LogP contribution in [0.1, 0.15) is 65.2 Å². The summed E-state index contributed by atoms with van der Waals surface area (Å²) in [5, 5.41) is 8.63. The molecule has 0 fully saturated rings. The van der Waals surface area contributed by atoms with Crippen LogP contribution in [0.25, 0.3) is 0 Å². The third kappa shape index (κ3) is 8.29. The smallest absolute Gasteiger partial charge is 0.0431 e. The summed E-state index contributed by atoms with van der Waals surface area (Å²) >= 11 is 0. The van der Waals surface area contributed by atoms with E-state index < -0.39 is 0 Å². The fourth-order valence-electron chi connectivity index (χ4n) is 1.77.